The van der Waals surface area contributed by atoms with Crippen LogP contribution >= 0.6 is 11.3 Å². The summed E-state index contributed by atoms with van der Waals surface area (Å²) in [5.74, 6) is 0.0937. The van der Waals surface area contributed by atoms with Gasteiger partial charge >= 0.3 is 0 Å². The molecule has 0 bridgehead atoms. The second kappa shape index (κ2) is 9.36. The maximum atomic E-state index is 13.0. The highest BCUT2D eigenvalue weighted by atomic mass is 32.2. The van der Waals surface area contributed by atoms with Crippen molar-refractivity contribution in [3.8, 4) is 0 Å². The molecule has 0 atom stereocenters. The second-order valence-corrected chi connectivity index (χ2v) is 10.0. The number of aromatic nitrogens is 2. The van der Waals surface area contributed by atoms with E-state index in [1.165, 1.54) is 39.9 Å². The van der Waals surface area contributed by atoms with Crippen molar-refractivity contribution in [3.63, 3.8) is 0 Å². The molecule has 2 aromatic carbocycles. The van der Waals surface area contributed by atoms with Crippen LogP contribution in [-0.4, -0.2) is 31.1 Å². The van der Waals surface area contributed by atoms with Gasteiger partial charge in [0.15, 0.2) is 0 Å². The molecular weight excluding hydrogens is 420 g/mol. The summed E-state index contributed by atoms with van der Waals surface area (Å²) in [6.07, 6.45) is 0.801. The molecule has 3 rings (SSSR count). The fourth-order valence-electron chi connectivity index (χ4n) is 2.90. The molecule has 0 fully saturated rings. The summed E-state index contributed by atoms with van der Waals surface area (Å²) in [5, 5.41) is 12.1. The van der Waals surface area contributed by atoms with E-state index in [1.807, 2.05) is 6.07 Å². The molecule has 1 heterocycles. The number of benzene rings is 2. The van der Waals surface area contributed by atoms with Crippen LogP contribution in [0.1, 0.15) is 36.1 Å². The Labute approximate surface area is 180 Å². The van der Waals surface area contributed by atoms with Gasteiger partial charge in [0.25, 0.3) is 15.9 Å². The lowest BCUT2D eigenvalue weighted by Gasteiger charge is -2.22. The van der Waals surface area contributed by atoms with Gasteiger partial charge in [0.2, 0.25) is 5.13 Å². The van der Waals surface area contributed by atoms with Gasteiger partial charge in [-0.15, -0.1) is 10.2 Å². The molecule has 0 aliphatic rings. The van der Waals surface area contributed by atoms with Crippen LogP contribution in [0.2, 0.25) is 0 Å². The minimum atomic E-state index is -3.73. The Hall–Kier alpha value is -2.78. The third-order valence-electron chi connectivity index (χ3n) is 4.31. The first-order valence-corrected chi connectivity index (χ1v) is 11.9. The fraction of sp³-hybridized carbons (Fsp3) is 0.286. The van der Waals surface area contributed by atoms with Crippen molar-refractivity contribution >= 4 is 38.1 Å². The highest BCUT2D eigenvalue weighted by molar-refractivity contribution is 7.92. The van der Waals surface area contributed by atoms with Crippen LogP contribution in [-0.2, 0) is 16.4 Å². The van der Waals surface area contributed by atoms with E-state index in [4.69, 9.17) is 0 Å². The molecule has 1 aromatic heterocycles. The first-order chi connectivity index (χ1) is 14.3. The normalized spacial score (nSPS) is 11.5. The SMILES string of the molecule is CCN(c1ccccc1)S(=O)(=O)c1ccc(C(=O)Nc2nnc(CC(C)C)s2)cc1. The van der Waals surface area contributed by atoms with Crippen molar-refractivity contribution in [1.29, 1.82) is 0 Å². The summed E-state index contributed by atoms with van der Waals surface area (Å²) in [6.45, 7) is 6.26. The zero-order chi connectivity index (χ0) is 21.7. The van der Waals surface area contributed by atoms with Crippen molar-refractivity contribution in [2.45, 2.75) is 32.1 Å². The standard InChI is InChI=1S/C21H24N4O3S2/c1-4-25(17-8-6-5-7-9-17)30(27,28)18-12-10-16(11-13-18)20(26)22-21-24-23-19(29-21)14-15(2)3/h5-13,15H,4,14H2,1-3H3,(H,22,24,26). The Balaban J connectivity index is 1.75. The molecule has 0 aliphatic heterocycles. The van der Waals surface area contributed by atoms with Crippen molar-refractivity contribution < 1.29 is 13.2 Å². The average Bonchev–Trinajstić information content (AvgIpc) is 3.15. The monoisotopic (exact) mass is 444 g/mol. The third kappa shape index (κ3) is 5.03. The lowest BCUT2D eigenvalue weighted by atomic mass is 10.1. The molecular formula is C21H24N4O3S2. The quantitative estimate of drug-likeness (QED) is 0.562. The third-order valence-corrected chi connectivity index (χ3v) is 7.08. The molecule has 0 aliphatic carbocycles. The minimum Gasteiger partial charge on any atom is -0.296 e. The average molecular weight is 445 g/mol. The van der Waals surface area contributed by atoms with Crippen LogP contribution < -0.4 is 9.62 Å². The number of nitrogens with zero attached hydrogens (tertiary/aromatic N) is 3. The van der Waals surface area contributed by atoms with Crippen LogP contribution in [0.25, 0.3) is 0 Å². The van der Waals surface area contributed by atoms with Crippen molar-refractivity contribution in [2.75, 3.05) is 16.2 Å². The van der Waals surface area contributed by atoms with E-state index in [2.05, 4.69) is 29.4 Å². The molecule has 1 amide bonds. The number of hydrogen-bond acceptors (Lipinski definition) is 6. The van der Waals surface area contributed by atoms with Gasteiger partial charge in [-0.05, 0) is 49.2 Å². The van der Waals surface area contributed by atoms with Gasteiger partial charge in [0.05, 0.1) is 10.6 Å². The molecule has 7 nitrogen and oxygen atoms in total. The first kappa shape index (κ1) is 21.9. The molecule has 158 valence electrons. The van der Waals surface area contributed by atoms with Gasteiger partial charge in [-0.3, -0.25) is 14.4 Å². The molecule has 0 saturated heterocycles. The predicted octanol–water partition coefficient (Wildman–Crippen LogP) is 4.20. The number of rotatable bonds is 8. The summed E-state index contributed by atoms with van der Waals surface area (Å²) in [7, 11) is -3.73. The van der Waals surface area contributed by atoms with E-state index in [0.717, 1.165) is 11.4 Å². The zero-order valence-electron chi connectivity index (χ0n) is 17.1. The van der Waals surface area contributed by atoms with E-state index in [1.54, 1.807) is 31.2 Å². The number of carbonyl (C=O) groups excluding carboxylic acids is 1. The van der Waals surface area contributed by atoms with Crippen LogP contribution in [0.15, 0.2) is 59.5 Å². The Kier molecular flexibility index (Phi) is 6.84. The van der Waals surface area contributed by atoms with E-state index in [-0.39, 0.29) is 10.8 Å². The topological polar surface area (TPSA) is 92.3 Å². The summed E-state index contributed by atoms with van der Waals surface area (Å²) in [4.78, 5) is 12.6. The summed E-state index contributed by atoms with van der Waals surface area (Å²) in [6, 6.07) is 14.8. The molecule has 1 N–H and O–H groups in total. The molecule has 0 spiro atoms. The molecule has 0 radical (unpaired) electrons. The van der Waals surface area contributed by atoms with Crippen LogP contribution in [0.4, 0.5) is 10.8 Å². The van der Waals surface area contributed by atoms with Gasteiger partial charge in [-0.25, -0.2) is 8.42 Å². The number of carbonyl (C=O) groups is 1. The predicted molar refractivity (Wildman–Crippen MR) is 119 cm³/mol. The molecule has 0 unspecified atom stereocenters. The number of hydrogen-bond donors (Lipinski definition) is 1. The Morgan fingerprint density at radius 3 is 2.33 bits per heavy atom. The van der Waals surface area contributed by atoms with Gasteiger partial charge in [0, 0.05) is 18.5 Å². The van der Waals surface area contributed by atoms with E-state index in [9.17, 15) is 13.2 Å². The van der Waals surface area contributed by atoms with Crippen LogP contribution in [0.3, 0.4) is 0 Å². The van der Waals surface area contributed by atoms with Crippen LogP contribution in [0, 0.1) is 5.92 Å². The number of amides is 1. The van der Waals surface area contributed by atoms with Gasteiger partial charge in [-0.2, -0.15) is 0 Å². The minimum absolute atomic E-state index is 0.125. The lowest BCUT2D eigenvalue weighted by molar-refractivity contribution is 0.102. The van der Waals surface area contributed by atoms with Crippen LogP contribution in [0.5, 0.6) is 0 Å². The van der Waals surface area contributed by atoms with Gasteiger partial charge in [0.1, 0.15) is 5.01 Å². The van der Waals surface area contributed by atoms with Gasteiger partial charge < -0.3 is 0 Å². The van der Waals surface area contributed by atoms with E-state index < -0.39 is 10.0 Å². The summed E-state index contributed by atoms with van der Waals surface area (Å²) in [5.41, 5.74) is 0.938. The maximum absolute atomic E-state index is 13.0. The smallest absolute Gasteiger partial charge is 0.264 e. The number of para-hydroxylation sites is 1. The van der Waals surface area contributed by atoms with E-state index >= 15 is 0 Å². The maximum Gasteiger partial charge on any atom is 0.264 e. The molecule has 3 aromatic rings. The number of nitrogens with one attached hydrogen (secondary N) is 1. The number of sulfonamides is 1. The number of anilines is 2. The van der Waals surface area contributed by atoms with Crippen molar-refractivity contribution in [3.05, 3.63) is 65.2 Å². The van der Waals surface area contributed by atoms with Crippen molar-refractivity contribution in [1.82, 2.24) is 10.2 Å². The first-order valence-electron chi connectivity index (χ1n) is 9.63. The van der Waals surface area contributed by atoms with E-state index in [0.29, 0.717) is 28.8 Å². The van der Waals surface area contributed by atoms with Gasteiger partial charge in [-0.1, -0.05) is 43.4 Å². The summed E-state index contributed by atoms with van der Waals surface area (Å²) >= 11 is 1.34. The largest absolute Gasteiger partial charge is 0.296 e. The molecule has 9 heteroatoms. The zero-order valence-corrected chi connectivity index (χ0v) is 18.7. The fourth-order valence-corrected chi connectivity index (χ4v) is 5.32. The van der Waals surface area contributed by atoms with Crippen molar-refractivity contribution in [2.24, 2.45) is 5.92 Å². The molecule has 0 saturated carbocycles. The highest BCUT2D eigenvalue weighted by Crippen LogP contribution is 2.24. The Morgan fingerprint density at radius 1 is 1.07 bits per heavy atom. The second-order valence-electron chi connectivity index (χ2n) is 7.08. The Morgan fingerprint density at radius 2 is 1.73 bits per heavy atom. The highest BCUT2D eigenvalue weighted by Gasteiger charge is 2.23. The lowest BCUT2D eigenvalue weighted by Crippen LogP contribution is -2.30. The summed E-state index contributed by atoms with van der Waals surface area (Å²) < 4.78 is 27.4. The molecule has 30 heavy (non-hydrogen) atoms. The Bertz CT molecular complexity index is 1090.